The zero-order valence-corrected chi connectivity index (χ0v) is 18.2. The van der Waals surface area contributed by atoms with Crippen LogP contribution in [0.5, 0.6) is 11.5 Å². The molecule has 0 spiro atoms. The molecule has 31 heavy (non-hydrogen) atoms. The van der Waals surface area contributed by atoms with Gasteiger partial charge in [0.1, 0.15) is 12.9 Å². The Kier molecular flexibility index (Phi) is 6.38. The molecule has 1 saturated heterocycles. The van der Waals surface area contributed by atoms with Gasteiger partial charge in [-0.05, 0) is 28.8 Å². The minimum absolute atomic E-state index is 0.0960. The van der Waals surface area contributed by atoms with Crippen LogP contribution in [0, 0.1) is 5.41 Å². The average Bonchev–Trinajstić information content (AvgIpc) is 3.15. The fourth-order valence-corrected chi connectivity index (χ4v) is 4.45. The van der Waals surface area contributed by atoms with E-state index >= 15 is 0 Å². The Bertz CT molecular complexity index is 1010. The lowest BCUT2D eigenvalue weighted by atomic mass is 9.77. The number of carbonyl (C=O) groups is 1. The molecule has 0 radical (unpaired) electrons. The molecule has 4 heteroatoms. The molecule has 160 valence electrons. The van der Waals surface area contributed by atoms with Crippen LogP contribution in [0.25, 0.3) is 0 Å². The summed E-state index contributed by atoms with van der Waals surface area (Å²) in [5.41, 5.74) is 3.02. The fourth-order valence-electron chi connectivity index (χ4n) is 4.45. The predicted molar refractivity (Wildman–Crippen MR) is 122 cm³/mol. The molecule has 2 unspecified atom stereocenters. The maximum Gasteiger partial charge on any atom is 0.161 e. The van der Waals surface area contributed by atoms with E-state index in [1.165, 1.54) is 5.56 Å². The van der Waals surface area contributed by atoms with Gasteiger partial charge in [-0.15, -0.1) is 0 Å². The molecule has 0 amide bonds. The number of hydrogen-bond acceptors (Lipinski definition) is 4. The molecular formula is C27H29NO3. The van der Waals surface area contributed by atoms with Gasteiger partial charge < -0.3 is 14.3 Å². The topological polar surface area (TPSA) is 38.8 Å². The summed E-state index contributed by atoms with van der Waals surface area (Å²) in [6, 6.07) is 26.5. The van der Waals surface area contributed by atoms with Crippen molar-refractivity contribution in [1.29, 1.82) is 0 Å². The largest absolute Gasteiger partial charge is 0.493 e. The number of aldehydes is 1. The van der Waals surface area contributed by atoms with Crippen LogP contribution in [0.3, 0.4) is 0 Å². The Morgan fingerprint density at radius 3 is 2.29 bits per heavy atom. The normalized spacial score (nSPS) is 21.0. The molecule has 1 aliphatic rings. The molecule has 1 fully saturated rings. The molecular weight excluding hydrogens is 386 g/mol. The number of rotatable bonds is 8. The molecule has 3 aromatic carbocycles. The lowest BCUT2D eigenvalue weighted by molar-refractivity contribution is -0.115. The molecule has 0 saturated carbocycles. The number of ether oxygens (including phenoxy) is 2. The second-order valence-corrected chi connectivity index (χ2v) is 8.52. The van der Waals surface area contributed by atoms with Crippen molar-refractivity contribution in [1.82, 2.24) is 4.90 Å². The Morgan fingerprint density at radius 2 is 1.65 bits per heavy atom. The van der Waals surface area contributed by atoms with E-state index in [1.54, 1.807) is 7.11 Å². The van der Waals surface area contributed by atoms with E-state index in [4.69, 9.17) is 9.47 Å². The van der Waals surface area contributed by atoms with Gasteiger partial charge in [0.25, 0.3) is 0 Å². The summed E-state index contributed by atoms with van der Waals surface area (Å²) < 4.78 is 11.6. The first-order chi connectivity index (χ1) is 15.1. The van der Waals surface area contributed by atoms with E-state index in [0.29, 0.717) is 18.1 Å². The second-order valence-electron chi connectivity index (χ2n) is 8.52. The number of benzene rings is 3. The Hall–Kier alpha value is -3.11. The van der Waals surface area contributed by atoms with Crippen LogP contribution in [0.2, 0.25) is 0 Å². The van der Waals surface area contributed by atoms with Crippen molar-refractivity contribution in [2.45, 2.75) is 26.0 Å². The van der Waals surface area contributed by atoms with Gasteiger partial charge in [-0.25, -0.2) is 0 Å². The van der Waals surface area contributed by atoms with Crippen molar-refractivity contribution in [2.24, 2.45) is 5.41 Å². The average molecular weight is 416 g/mol. The first-order valence-corrected chi connectivity index (χ1v) is 10.7. The summed E-state index contributed by atoms with van der Waals surface area (Å²) in [6.45, 7) is 4.94. The number of methoxy groups -OCH3 is 1. The van der Waals surface area contributed by atoms with Crippen molar-refractivity contribution in [2.75, 3.05) is 20.2 Å². The van der Waals surface area contributed by atoms with Gasteiger partial charge in [0.15, 0.2) is 11.5 Å². The number of hydrogen-bond donors (Lipinski definition) is 0. The maximum atomic E-state index is 12.1. The first kappa shape index (κ1) is 21.1. The van der Waals surface area contributed by atoms with E-state index in [0.717, 1.165) is 37.0 Å². The second kappa shape index (κ2) is 9.36. The Balaban J connectivity index is 1.55. The highest BCUT2D eigenvalue weighted by molar-refractivity contribution is 5.63. The fraction of sp³-hybridized carbons (Fsp3) is 0.296. The molecule has 1 heterocycles. The molecule has 4 nitrogen and oxygen atoms in total. The van der Waals surface area contributed by atoms with Crippen molar-refractivity contribution in [3.05, 3.63) is 95.6 Å². The molecule has 2 atom stereocenters. The van der Waals surface area contributed by atoms with Crippen molar-refractivity contribution in [3.8, 4) is 11.5 Å². The van der Waals surface area contributed by atoms with Gasteiger partial charge in [0.05, 0.1) is 7.11 Å². The highest BCUT2D eigenvalue weighted by atomic mass is 16.5. The molecule has 0 N–H and O–H groups in total. The van der Waals surface area contributed by atoms with Gasteiger partial charge >= 0.3 is 0 Å². The van der Waals surface area contributed by atoms with E-state index in [1.807, 2.05) is 48.5 Å². The Morgan fingerprint density at radius 1 is 0.968 bits per heavy atom. The van der Waals surface area contributed by atoms with Crippen LogP contribution < -0.4 is 9.47 Å². The minimum Gasteiger partial charge on any atom is -0.493 e. The van der Waals surface area contributed by atoms with Crippen LogP contribution >= 0.6 is 0 Å². The number of nitrogens with zero attached hydrogens (tertiary/aromatic N) is 1. The lowest BCUT2D eigenvalue weighted by Gasteiger charge is -2.25. The van der Waals surface area contributed by atoms with Crippen molar-refractivity contribution >= 4 is 6.29 Å². The molecule has 1 aliphatic heterocycles. The quantitative estimate of drug-likeness (QED) is 0.481. The van der Waals surface area contributed by atoms with Gasteiger partial charge in [-0.2, -0.15) is 0 Å². The number of carbonyl (C=O) groups excluding carboxylic acids is 1. The Labute approximate surface area is 184 Å². The summed E-state index contributed by atoms with van der Waals surface area (Å²) in [5, 5.41) is 0. The third-order valence-corrected chi connectivity index (χ3v) is 6.15. The van der Waals surface area contributed by atoms with E-state index in [-0.39, 0.29) is 5.92 Å². The highest BCUT2D eigenvalue weighted by Crippen LogP contribution is 2.44. The zero-order chi connectivity index (χ0) is 21.7. The monoisotopic (exact) mass is 415 g/mol. The summed E-state index contributed by atoms with van der Waals surface area (Å²) in [7, 11) is 1.65. The molecule has 0 aromatic heterocycles. The van der Waals surface area contributed by atoms with Gasteiger partial charge in [-0.3, -0.25) is 4.90 Å². The van der Waals surface area contributed by atoms with Gasteiger partial charge in [-0.1, -0.05) is 73.7 Å². The predicted octanol–water partition coefficient (Wildman–Crippen LogP) is 5.08. The summed E-state index contributed by atoms with van der Waals surface area (Å²) in [5.74, 6) is 1.50. The standard InChI is InChI=1S/C27H29NO3/c1-27(20-29)19-28(16-21-9-5-3-6-10-21)17-24(27)23-13-14-25(30-2)26(15-23)31-18-22-11-7-4-8-12-22/h3-15,20,24H,16-19H2,1-2H3. The maximum absolute atomic E-state index is 12.1. The third-order valence-electron chi connectivity index (χ3n) is 6.15. The van der Waals surface area contributed by atoms with E-state index in [2.05, 4.69) is 42.2 Å². The molecule has 4 rings (SSSR count). The van der Waals surface area contributed by atoms with Crippen LogP contribution in [0.4, 0.5) is 0 Å². The van der Waals surface area contributed by atoms with Crippen LogP contribution in [0.1, 0.15) is 29.5 Å². The first-order valence-electron chi connectivity index (χ1n) is 10.7. The van der Waals surface area contributed by atoms with Crippen molar-refractivity contribution in [3.63, 3.8) is 0 Å². The summed E-state index contributed by atoms with van der Waals surface area (Å²) >= 11 is 0. The summed E-state index contributed by atoms with van der Waals surface area (Å²) in [6.07, 6.45) is 1.12. The van der Waals surface area contributed by atoms with E-state index < -0.39 is 5.41 Å². The molecule has 0 bridgehead atoms. The lowest BCUT2D eigenvalue weighted by Crippen LogP contribution is -2.28. The SMILES string of the molecule is COc1ccc(C2CN(Cc3ccccc3)CC2(C)C=O)cc1OCc1ccccc1. The molecule has 3 aromatic rings. The summed E-state index contributed by atoms with van der Waals surface area (Å²) in [4.78, 5) is 14.5. The van der Waals surface area contributed by atoms with E-state index in [9.17, 15) is 4.79 Å². The third kappa shape index (κ3) is 4.80. The number of likely N-dealkylation sites (tertiary alicyclic amines) is 1. The van der Waals surface area contributed by atoms with Crippen molar-refractivity contribution < 1.29 is 14.3 Å². The van der Waals surface area contributed by atoms with Gasteiger partial charge in [0.2, 0.25) is 0 Å². The van der Waals surface area contributed by atoms with Gasteiger partial charge in [0, 0.05) is 31.0 Å². The van der Waals surface area contributed by atoms with Crippen LogP contribution in [-0.2, 0) is 17.9 Å². The highest BCUT2D eigenvalue weighted by Gasteiger charge is 2.43. The minimum atomic E-state index is -0.444. The zero-order valence-electron chi connectivity index (χ0n) is 18.2. The van der Waals surface area contributed by atoms with Crippen LogP contribution in [-0.4, -0.2) is 31.4 Å². The smallest absolute Gasteiger partial charge is 0.161 e. The van der Waals surface area contributed by atoms with Crippen LogP contribution in [0.15, 0.2) is 78.9 Å². The molecule has 0 aliphatic carbocycles.